The van der Waals surface area contributed by atoms with Crippen LogP contribution in [0.15, 0.2) is 27.7 Å². The van der Waals surface area contributed by atoms with Crippen molar-refractivity contribution in [2.75, 3.05) is 31.5 Å². The SMILES string of the molecule is CC(C)(C)OC(=O)N(COCC[Si](C)(C)C)C1=N[C@](CF)(c2cc(Br)ccc2F)C2[C@H]3CSC[C@@]23S1. The molecular formula is C25H35BrF2N2O3S2Si. The van der Waals surface area contributed by atoms with E-state index < -0.39 is 37.8 Å². The molecule has 4 atom stereocenters. The predicted octanol–water partition coefficient (Wildman–Crippen LogP) is 7.14. The van der Waals surface area contributed by atoms with Gasteiger partial charge in [-0.2, -0.15) is 11.8 Å². The van der Waals surface area contributed by atoms with Gasteiger partial charge in [0, 0.05) is 41.1 Å². The van der Waals surface area contributed by atoms with Crippen LogP contribution in [-0.2, 0) is 15.0 Å². The molecule has 200 valence electrons. The van der Waals surface area contributed by atoms with Gasteiger partial charge in [0.05, 0.1) is 0 Å². The van der Waals surface area contributed by atoms with Gasteiger partial charge in [0.25, 0.3) is 0 Å². The topological polar surface area (TPSA) is 51.1 Å². The molecule has 36 heavy (non-hydrogen) atoms. The minimum atomic E-state index is -1.40. The van der Waals surface area contributed by atoms with Gasteiger partial charge < -0.3 is 9.47 Å². The van der Waals surface area contributed by atoms with Gasteiger partial charge in [-0.15, -0.1) is 0 Å². The second-order valence-electron chi connectivity index (χ2n) is 12.0. The summed E-state index contributed by atoms with van der Waals surface area (Å²) in [6, 6.07) is 5.52. The molecule has 1 aliphatic carbocycles. The smallest absolute Gasteiger partial charge is 0.418 e. The van der Waals surface area contributed by atoms with E-state index in [4.69, 9.17) is 14.5 Å². The molecule has 1 aromatic rings. The molecule has 0 aromatic heterocycles. The number of amidine groups is 1. The van der Waals surface area contributed by atoms with E-state index in [1.165, 1.54) is 22.7 Å². The monoisotopic (exact) mass is 620 g/mol. The summed E-state index contributed by atoms with van der Waals surface area (Å²) in [4.78, 5) is 19.6. The minimum Gasteiger partial charge on any atom is -0.443 e. The second kappa shape index (κ2) is 10.2. The number of nitrogens with zero attached hydrogens (tertiary/aromatic N) is 2. The van der Waals surface area contributed by atoms with Gasteiger partial charge in [0.15, 0.2) is 5.17 Å². The van der Waals surface area contributed by atoms with Crippen molar-refractivity contribution in [2.24, 2.45) is 16.8 Å². The summed E-state index contributed by atoms with van der Waals surface area (Å²) >= 11 is 6.74. The highest BCUT2D eigenvalue weighted by atomic mass is 79.9. The summed E-state index contributed by atoms with van der Waals surface area (Å²) in [6.07, 6.45) is -0.595. The van der Waals surface area contributed by atoms with Crippen LogP contribution < -0.4 is 0 Å². The molecule has 11 heteroatoms. The highest BCUT2D eigenvalue weighted by Gasteiger charge is 2.77. The van der Waals surface area contributed by atoms with Crippen molar-refractivity contribution in [1.29, 1.82) is 0 Å². The molecule has 5 nitrogen and oxygen atoms in total. The normalized spacial score (nSPS) is 29.3. The van der Waals surface area contributed by atoms with Crippen LogP contribution in [0.3, 0.4) is 0 Å². The molecule has 1 unspecified atom stereocenters. The number of amides is 1. The van der Waals surface area contributed by atoms with Crippen LogP contribution in [0.25, 0.3) is 0 Å². The Balaban J connectivity index is 1.74. The van der Waals surface area contributed by atoms with E-state index in [1.54, 1.807) is 32.9 Å². The Morgan fingerprint density at radius 3 is 2.69 bits per heavy atom. The number of thioether (sulfide) groups is 2. The van der Waals surface area contributed by atoms with E-state index in [-0.39, 0.29) is 28.9 Å². The Hall–Kier alpha value is -0.623. The van der Waals surface area contributed by atoms with Crippen molar-refractivity contribution in [3.8, 4) is 0 Å². The number of benzene rings is 1. The van der Waals surface area contributed by atoms with Crippen LogP contribution >= 0.6 is 39.5 Å². The Kier molecular flexibility index (Phi) is 8.02. The lowest BCUT2D eigenvalue weighted by Gasteiger charge is -2.38. The molecule has 3 aliphatic rings. The summed E-state index contributed by atoms with van der Waals surface area (Å²) < 4.78 is 42.4. The molecule has 2 aliphatic heterocycles. The van der Waals surface area contributed by atoms with Crippen LogP contribution in [0.5, 0.6) is 0 Å². The van der Waals surface area contributed by atoms with E-state index >= 15 is 8.78 Å². The maximum Gasteiger partial charge on any atom is 0.418 e. The van der Waals surface area contributed by atoms with Crippen molar-refractivity contribution >= 4 is 58.8 Å². The summed E-state index contributed by atoms with van der Waals surface area (Å²) in [5.74, 6) is 1.24. The number of alkyl halides is 1. The van der Waals surface area contributed by atoms with Crippen LogP contribution in [-0.4, -0.2) is 66.1 Å². The van der Waals surface area contributed by atoms with Crippen LogP contribution in [0, 0.1) is 17.7 Å². The molecule has 1 spiro atoms. The zero-order valence-electron chi connectivity index (χ0n) is 21.7. The van der Waals surface area contributed by atoms with Gasteiger partial charge in [-0.1, -0.05) is 47.3 Å². The fourth-order valence-electron chi connectivity index (χ4n) is 5.01. The van der Waals surface area contributed by atoms with E-state index in [1.807, 2.05) is 11.8 Å². The van der Waals surface area contributed by atoms with Gasteiger partial charge in [-0.3, -0.25) is 0 Å². The largest absolute Gasteiger partial charge is 0.443 e. The number of hydrogen-bond acceptors (Lipinski definition) is 6. The molecule has 4 rings (SSSR count). The average molecular weight is 622 g/mol. The standard InChI is InChI=1S/C25H35BrF2N2O3S2Si/c1-23(2,3)33-22(31)30(15-32-9-10-36(4,5)6)21-29-24(13-27,17-11-16(26)7-8-19(17)28)20-18-12-34-14-25(18,20)35-21/h7-8,11,18,20H,9-10,12-15H2,1-6H3/t18-,20?,24-,25+/m1/s1. The molecule has 1 saturated heterocycles. The van der Waals surface area contributed by atoms with Crippen molar-refractivity contribution in [3.05, 3.63) is 34.1 Å². The number of carbonyl (C=O) groups excluding carboxylic acids is 1. The van der Waals surface area contributed by atoms with Crippen molar-refractivity contribution in [2.45, 2.75) is 62.3 Å². The predicted molar refractivity (Wildman–Crippen MR) is 151 cm³/mol. The highest BCUT2D eigenvalue weighted by molar-refractivity contribution is 9.10. The second-order valence-corrected chi connectivity index (χ2v) is 20.9. The number of fused-ring (bicyclic) bond motifs is 1. The Morgan fingerprint density at radius 2 is 2.06 bits per heavy atom. The highest BCUT2D eigenvalue weighted by Crippen LogP contribution is 2.75. The molecule has 0 radical (unpaired) electrons. The van der Waals surface area contributed by atoms with E-state index in [9.17, 15) is 4.79 Å². The number of carbonyl (C=O) groups is 1. The molecule has 0 N–H and O–H groups in total. The third-order valence-electron chi connectivity index (χ3n) is 6.82. The molecule has 1 amide bonds. The average Bonchev–Trinajstić information content (AvgIpc) is 3.22. The van der Waals surface area contributed by atoms with Crippen molar-refractivity contribution in [1.82, 2.24) is 4.90 Å². The fourth-order valence-corrected chi connectivity index (χ4v) is 9.86. The number of halogens is 3. The first-order chi connectivity index (χ1) is 16.7. The zero-order chi connectivity index (χ0) is 26.5. The van der Waals surface area contributed by atoms with Crippen molar-refractivity contribution < 1.29 is 23.0 Å². The van der Waals surface area contributed by atoms with Gasteiger partial charge in [0.1, 0.15) is 30.4 Å². The van der Waals surface area contributed by atoms with Gasteiger partial charge in [-0.25, -0.2) is 23.5 Å². The van der Waals surface area contributed by atoms with Crippen LogP contribution in [0.4, 0.5) is 13.6 Å². The summed E-state index contributed by atoms with van der Waals surface area (Å²) in [6.45, 7) is 11.8. The molecule has 0 bridgehead atoms. The van der Waals surface area contributed by atoms with Crippen LogP contribution in [0.2, 0.25) is 25.7 Å². The molecular weight excluding hydrogens is 586 g/mol. The Labute approximate surface area is 230 Å². The number of hydrogen-bond donors (Lipinski definition) is 0. The third kappa shape index (κ3) is 5.55. The number of ether oxygens (including phenoxy) is 2. The first kappa shape index (κ1) is 28.4. The van der Waals surface area contributed by atoms with Gasteiger partial charge in [-0.05, 0) is 56.7 Å². The van der Waals surface area contributed by atoms with Gasteiger partial charge in [0.2, 0.25) is 0 Å². The first-order valence-corrected chi connectivity index (χ1v) is 18.7. The summed E-state index contributed by atoms with van der Waals surface area (Å²) in [5, 5.41) is 0.343. The first-order valence-electron chi connectivity index (χ1n) is 12.2. The van der Waals surface area contributed by atoms with E-state index in [0.29, 0.717) is 16.2 Å². The van der Waals surface area contributed by atoms with E-state index in [2.05, 4.69) is 35.6 Å². The summed E-state index contributed by atoms with van der Waals surface area (Å²) in [5.41, 5.74) is -1.91. The molecule has 2 fully saturated rings. The molecule has 2 heterocycles. The van der Waals surface area contributed by atoms with Crippen molar-refractivity contribution in [3.63, 3.8) is 0 Å². The lowest BCUT2D eigenvalue weighted by atomic mass is 9.84. The maximum absolute atomic E-state index is 15.2. The van der Waals surface area contributed by atoms with Crippen LogP contribution in [0.1, 0.15) is 26.3 Å². The zero-order valence-corrected chi connectivity index (χ0v) is 25.9. The molecule has 1 saturated carbocycles. The Bertz CT molecular complexity index is 1050. The molecule has 1 aromatic carbocycles. The summed E-state index contributed by atoms with van der Waals surface area (Å²) in [7, 11) is -1.34. The Morgan fingerprint density at radius 1 is 1.33 bits per heavy atom. The lowest BCUT2D eigenvalue weighted by Crippen LogP contribution is -2.47. The lowest BCUT2D eigenvalue weighted by molar-refractivity contribution is 0.0109. The van der Waals surface area contributed by atoms with Gasteiger partial charge >= 0.3 is 6.09 Å². The fraction of sp³-hybridized carbons (Fsp3) is 0.680. The third-order valence-corrected chi connectivity index (χ3v) is 12.1. The minimum absolute atomic E-state index is 0.0485. The quantitative estimate of drug-likeness (QED) is 0.184. The maximum atomic E-state index is 15.2. The number of rotatable bonds is 7. The van der Waals surface area contributed by atoms with E-state index in [0.717, 1.165) is 17.5 Å². The number of aliphatic imine (C=N–C) groups is 1.